The molecule has 7 N–H and O–H groups in total. The SMILES string of the molecule is Cc1c(C)c(C)c(C(O)c2c(C)c(C)c(C)c(C)c2C)c(C)c1C.Cc1cc(C(O)c2cc(C)c(C)c(C)c2)cc(C)c1C.Cc1cc(C(O)c2cc(C)c(C)c(C)c2C)c(C)c(C)c1C.Cc1cc(C)c(C(O)c2c(C)cc(C)c(C)c2C)c(C)c1.Cc1cc(C)c(C(O)c2c(C)cc(C)cc2C)c(C)c1.Cc1cc(C)c(C)c(C(O)c2c(C)c(C)cc(C)c2C)c1C.Cc1ccc(C(O)c2ccc(C)c(C)c2C)c(C)c1C. The number of aliphatic hydroxyl groups is 7. The molecule has 0 bridgehead atoms. The largest absolute Gasteiger partial charge is 0.384 e. The van der Waals surface area contributed by atoms with E-state index in [4.69, 9.17) is 0 Å². The second-order valence-corrected chi connectivity index (χ2v) is 45.2. The molecule has 0 radical (unpaired) electrons. The minimum Gasteiger partial charge on any atom is -0.384 e. The zero-order valence-corrected chi connectivity index (χ0v) is 102. The number of benzene rings is 14. The fourth-order valence-corrected chi connectivity index (χ4v) is 22.9. The first kappa shape index (κ1) is 123. The van der Waals surface area contributed by atoms with Crippen molar-refractivity contribution in [1.82, 2.24) is 0 Å². The van der Waals surface area contributed by atoms with Crippen molar-refractivity contribution < 1.29 is 35.7 Å². The van der Waals surface area contributed by atoms with Gasteiger partial charge in [0.2, 0.25) is 0 Å². The Hall–Kier alpha value is -11.2. The Morgan fingerprint density at radius 2 is 0.275 bits per heavy atom. The lowest BCUT2D eigenvalue weighted by Crippen LogP contribution is -2.13. The summed E-state index contributed by atoms with van der Waals surface area (Å²) in [6.07, 6.45) is -3.88. The lowest BCUT2D eigenvalue weighted by atomic mass is 9.81. The fourth-order valence-electron chi connectivity index (χ4n) is 22.9. The molecule has 796 valence electrons. The van der Waals surface area contributed by atoms with Crippen LogP contribution in [0.2, 0.25) is 0 Å². The molecule has 14 rings (SSSR count). The number of hydrogen-bond acceptors (Lipinski definition) is 7. The van der Waals surface area contributed by atoms with Gasteiger partial charge in [-0.1, -0.05) is 132 Å². The van der Waals surface area contributed by atoms with E-state index in [0.717, 1.165) is 111 Å². The summed E-state index contributed by atoms with van der Waals surface area (Å²) in [4.78, 5) is 0. The van der Waals surface area contributed by atoms with Gasteiger partial charge in [0.1, 0.15) is 42.7 Å². The third-order valence-corrected chi connectivity index (χ3v) is 35.7. The van der Waals surface area contributed by atoms with Crippen LogP contribution in [-0.2, 0) is 0 Å². The first-order valence-electron chi connectivity index (χ1n) is 53.8. The fraction of sp³-hybridized carbons (Fsp3) is 0.408. The van der Waals surface area contributed by atoms with Gasteiger partial charge in [-0.2, -0.15) is 0 Å². The minimum absolute atomic E-state index is 0.545. The average molecular weight is 2010 g/mol. The lowest BCUT2D eigenvalue weighted by molar-refractivity contribution is 0.216. The second kappa shape index (κ2) is 50.4. The standard InChI is InChI=1S/C23H32O.2C21H28O.C20H26O.3C19H24O/c1-11-13(3)17(7)21(18(8)14(11)4)23(24)22-19(9)15(5)12(2)16(6)20(22)10;1-11-9-19(17(7)15(5)13(11)3)21(22)20-10-12(2)14(4)16(6)18(20)8;1-11-9-12(2)16(6)19(15(11)5)21(22)20-17(7)13(3)10-14(4)18(20)8;1-11-8-13(3)18(14(4)9-11)20(21)19-15(5)10-12(2)16(6)17(19)7;1-11-7-17(8-12(2)15(11)5)19(20)18-9-13(3)16(6)14(4)10-18;1-11-7-13(3)17(14(4)8-11)19(20)18-15(5)9-12(2)10-16(18)6;1-11-7-9-17(15(5)13(11)3)19(20)18-10-8-12(2)14(4)16(18)6/h23-24H,1-10H3;2*9-10,21-22H,1-8H3;8-10,20-21H,1-7H3;3*7-10,19-20H,1-6H3. The number of rotatable bonds is 14. The van der Waals surface area contributed by atoms with Crippen molar-refractivity contribution >= 4 is 0 Å². The highest BCUT2D eigenvalue weighted by Gasteiger charge is 2.31. The molecule has 0 spiro atoms. The molecule has 0 heterocycles. The molecule has 14 aromatic carbocycles. The van der Waals surface area contributed by atoms with Crippen molar-refractivity contribution in [1.29, 1.82) is 0 Å². The molecule has 0 aromatic heterocycles. The van der Waals surface area contributed by atoms with Gasteiger partial charge in [-0.05, 0) is 698 Å². The van der Waals surface area contributed by atoms with Crippen LogP contribution in [0, 0.1) is 353 Å². The molecule has 7 heteroatoms. The van der Waals surface area contributed by atoms with Crippen molar-refractivity contribution in [2.24, 2.45) is 0 Å². The molecule has 7 nitrogen and oxygen atoms in total. The second-order valence-electron chi connectivity index (χ2n) is 45.2. The lowest BCUT2D eigenvalue weighted by Gasteiger charge is -2.27. The summed E-state index contributed by atoms with van der Waals surface area (Å²) in [6.45, 7) is 108. The first-order valence-corrected chi connectivity index (χ1v) is 53.8. The van der Waals surface area contributed by atoms with E-state index in [2.05, 4.69) is 468 Å². The van der Waals surface area contributed by atoms with Crippen LogP contribution in [0.1, 0.15) is 404 Å². The van der Waals surface area contributed by atoms with Crippen LogP contribution in [0.25, 0.3) is 0 Å². The zero-order valence-electron chi connectivity index (χ0n) is 102. The van der Waals surface area contributed by atoms with E-state index in [1.807, 2.05) is 0 Å². The van der Waals surface area contributed by atoms with Gasteiger partial charge in [-0.25, -0.2) is 0 Å². The van der Waals surface area contributed by atoms with E-state index in [-0.39, 0.29) is 0 Å². The van der Waals surface area contributed by atoms with E-state index in [1.165, 1.54) is 250 Å². The van der Waals surface area contributed by atoms with E-state index in [9.17, 15) is 35.7 Å². The molecule has 0 aliphatic rings. The summed E-state index contributed by atoms with van der Waals surface area (Å²) in [5.74, 6) is 0. The summed E-state index contributed by atoms with van der Waals surface area (Å²) in [6, 6.07) is 40.4. The minimum atomic E-state index is -0.569. The molecule has 0 fully saturated rings. The Labute approximate surface area is 902 Å². The maximum atomic E-state index is 11.4. The van der Waals surface area contributed by atoms with Crippen LogP contribution < -0.4 is 0 Å². The van der Waals surface area contributed by atoms with Gasteiger partial charge < -0.3 is 35.7 Å². The van der Waals surface area contributed by atoms with Crippen molar-refractivity contribution in [3.8, 4) is 0 Å². The van der Waals surface area contributed by atoms with Gasteiger partial charge in [0.15, 0.2) is 0 Å². The predicted molar refractivity (Wildman–Crippen MR) is 640 cm³/mol. The van der Waals surface area contributed by atoms with Crippen molar-refractivity contribution in [2.45, 2.75) is 396 Å². The van der Waals surface area contributed by atoms with Gasteiger partial charge in [0.05, 0.1) is 0 Å². The van der Waals surface area contributed by atoms with E-state index < -0.39 is 42.7 Å². The highest BCUT2D eigenvalue weighted by molar-refractivity contribution is 5.62. The Bertz CT molecular complexity index is 6810. The van der Waals surface area contributed by atoms with Gasteiger partial charge in [-0.15, -0.1) is 0 Å². The van der Waals surface area contributed by atoms with E-state index >= 15 is 0 Å². The molecule has 0 saturated heterocycles. The third-order valence-electron chi connectivity index (χ3n) is 35.7. The van der Waals surface area contributed by atoms with Gasteiger partial charge in [-0.3, -0.25) is 0 Å². The molecule has 14 aromatic rings. The predicted octanol–water partition coefficient (Wildman–Crippen LogP) is 35.1. The molecule has 0 amide bonds. The summed E-state index contributed by atoms with van der Waals surface area (Å²) in [5.41, 5.74) is 77.9. The van der Waals surface area contributed by atoms with Gasteiger partial charge in [0.25, 0.3) is 0 Å². The molecule has 149 heavy (non-hydrogen) atoms. The highest BCUT2D eigenvalue weighted by atomic mass is 16.3. The summed E-state index contributed by atoms with van der Waals surface area (Å²) < 4.78 is 0. The third kappa shape index (κ3) is 26.4. The van der Waals surface area contributed by atoms with Crippen molar-refractivity contribution in [3.05, 3.63) is 477 Å². The summed E-state index contributed by atoms with van der Waals surface area (Å²) in [7, 11) is 0. The monoisotopic (exact) mass is 2000 g/mol. The van der Waals surface area contributed by atoms with Crippen LogP contribution in [0.3, 0.4) is 0 Å². The van der Waals surface area contributed by atoms with Crippen LogP contribution >= 0.6 is 0 Å². The Balaban J connectivity index is 0.000000212. The number of aryl methyl sites for hydroxylation is 23. The normalized spacial score (nSPS) is 11.5. The van der Waals surface area contributed by atoms with E-state index in [1.54, 1.807) is 0 Å². The first-order chi connectivity index (χ1) is 69.0. The zero-order chi connectivity index (χ0) is 113. The van der Waals surface area contributed by atoms with Crippen LogP contribution in [0.15, 0.2) is 115 Å². The maximum absolute atomic E-state index is 11.4. The molecule has 1 atom stereocenters. The van der Waals surface area contributed by atoms with Crippen LogP contribution in [0.4, 0.5) is 0 Å². The molecule has 1 unspecified atom stereocenters. The molecule has 0 saturated carbocycles. The van der Waals surface area contributed by atoms with Crippen molar-refractivity contribution in [2.75, 3.05) is 0 Å². The van der Waals surface area contributed by atoms with Crippen LogP contribution in [-0.4, -0.2) is 35.7 Å². The van der Waals surface area contributed by atoms with Gasteiger partial charge in [0, 0.05) is 0 Å². The average Bonchev–Trinajstić information content (AvgIpc) is 0.752. The van der Waals surface area contributed by atoms with Crippen LogP contribution in [0.5, 0.6) is 0 Å². The van der Waals surface area contributed by atoms with Gasteiger partial charge >= 0.3 is 0 Å². The maximum Gasteiger partial charge on any atom is 0.105 e. The van der Waals surface area contributed by atoms with E-state index in [0.29, 0.717) is 0 Å². The number of aliphatic hydroxyl groups excluding tert-OH is 7. The molecule has 0 aliphatic heterocycles. The molecular formula is C142H186O7. The molecular weight excluding hydrogens is 1820 g/mol. The Morgan fingerprint density at radius 3 is 0.544 bits per heavy atom. The quantitative estimate of drug-likeness (QED) is 0.0575. The summed E-state index contributed by atoms with van der Waals surface area (Å²) in [5, 5.41) is 77.0. The van der Waals surface area contributed by atoms with Crippen molar-refractivity contribution in [3.63, 3.8) is 0 Å². The Morgan fingerprint density at radius 1 is 0.107 bits per heavy atom. The summed E-state index contributed by atoms with van der Waals surface area (Å²) >= 11 is 0. The Kier molecular flexibility index (Phi) is 41.6. The highest BCUT2D eigenvalue weighted by Crippen LogP contribution is 2.45. The topological polar surface area (TPSA) is 142 Å². The molecule has 0 aliphatic carbocycles. The number of hydrogen-bond donors (Lipinski definition) is 7. The smallest absolute Gasteiger partial charge is 0.105 e.